The third-order valence-corrected chi connectivity index (χ3v) is 4.23. The van der Waals surface area contributed by atoms with Crippen molar-refractivity contribution in [3.8, 4) is 0 Å². The fourth-order valence-electron chi connectivity index (χ4n) is 2.96. The Balaban J connectivity index is 1.76. The van der Waals surface area contributed by atoms with Crippen LogP contribution < -0.4 is 5.32 Å². The minimum Gasteiger partial charge on any atom is -0.377 e. The van der Waals surface area contributed by atoms with Gasteiger partial charge in [-0.05, 0) is 31.6 Å². The number of rotatable bonds is 3. The van der Waals surface area contributed by atoms with E-state index in [0.717, 1.165) is 6.61 Å². The summed E-state index contributed by atoms with van der Waals surface area (Å²) in [6.45, 7) is 6.76. The van der Waals surface area contributed by atoms with Crippen LogP contribution in [0.3, 0.4) is 0 Å². The van der Waals surface area contributed by atoms with E-state index in [0.29, 0.717) is 17.6 Å². The van der Waals surface area contributed by atoms with Crippen LogP contribution in [0.4, 0.5) is 0 Å². The molecule has 0 aromatic heterocycles. The first-order valence-electron chi connectivity index (χ1n) is 6.55. The second kappa shape index (κ2) is 4.84. The lowest BCUT2D eigenvalue weighted by Crippen LogP contribution is -2.42. The predicted octanol–water partition coefficient (Wildman–Crippen LogP) is 2.72. The smallest absolute Gasteiger partial charge is 0.0700 e. The molecule has 0 aromatic rings. The van der Waals surface area contributed by atoms with E-state index in [1.54, 1.807) is 0 Å². The number of hydrogen-bond acceptors (Lipinski definition) is 2. The van der Waals surface area contributed by atoms with Gasteiger partial charge in [-0.15, -0.1) is 0 Å². The van der Waals surface area contributed by atoms with Crippen molar-refractivity contribution in [1.29, 1.82) is 0 Å². The van der Waals surface area contributed by atoms with Crippen LogP contribution >= 0.6 is 0 Å². The summed E-state index contributed by atoms with van der Waals surface area (Å²) in [5, 5.41) is 3.72. The molecule has 2 aliphatic rings. The topological polar surface area (TPSA) is 21.3 Å². The molecule has 2 atom stereocenters. The molecular weight excluding hydrogens is 186 g/mol. The first-order valence-corrected chi connectivity index (χ1v) is 6.55. The van der Waals surface area contributed by atoms with Gasteiger partial charge in [-0.2, -0.15) is 0 Å². The molecule has 1 N–H and O–H groups in total. The summed E-state index contributed by atoms with van der Waals surface area (Å²) in [6.07, 6.45) is 8.71. The molecule has 0 aromatic carbocycles. The van der Waals surface area contributed by atoms with E-state index in [2.05, 4.69) is 19.2 Å². The SMILES string of the molecule is CC1OCCC1NCC1(C)CCCCC1. The van der Waals surface area contributed by atoms with Crippen molar-refractivity contribution in [2.45, 2.75) is 64.5 Å². The Labute approximate surface area is 93.8 Å². The fraction of sp³-hybridized carbons (Fsp3) is 1.00. The Morgan fingerprint density at radius 3 is 2.60 bits per heavy atom. The van der Waals surface area contributed by atoms with Crippen LogP contribution in [0.15, 0.2) is 0 Å². The molecule has 1 saturated heterocycles. The van der Waals surface area contributed by atoms with Gasteiger partial charge >= 0.3 is 0 Å². The van der Waals surface area contributed by atoms with Gasteiger partial charge in [-0.1, -0.05) is 26.2 Å². The van der Waals surface area contributed by atoms with Crippen molar-refractivity contribution in [1.82, 2.24) is 5.32 Å². The molecule has 2 nitrogen and oxygen atoms in total. The quantitative estimate of drug-likeness (QED) is 0.775. The maximum Gasteiger partial charge on any atom is 0.0700 e. The highest BCUT2D eigenvalue weighted by Gasteiger charge is 2.30. The average Bonchev–Trinajstić information content (AvgIpc) is 2.62. The van der Waals surface area contributed by atoms with Gasteiger partial charge in [0.05, 0.1) is 6.10 Å². The monoisotopic (exact) mass is 211 g/mol. The van der Waals surface area contributed by atoms with Crippen LogP contribution in [-0.2, 0) is 4.74 Å². The van der Waals surface area contributed by atoms with E-state index in [-0.39, 0.29) is 0 Å². The highest BCUT2D eigenvalue weighted by molar-refractivity contribution is 4.85. The zero-order chi connectivity index (χ0) is 10.7. The summed E-state index contributed by atoms with van der Waals surface area (Å²) in [5.74, 6) is 0. The minimum absolute atomic E-state index is 0.414. The molecule has 0 bridgehead atoms. The molecular formula is C13H25NO. The van der Waals surface area contributed by atoms with Crippen LogP contribution in [-0.4, -0.2) is 25.3 Å². The molecule has 1 heterocycles. The van der Waals surface area contributed by atoms with Gasteiger partial charge in [-0.25, -0.2) is 0 Å². The second-order valence-corrected chi connectivity index (χ2v) is 5.72. The van der Waals surface area contributed by atoms with Crippen LogP contribution in [0.1, 0.15) is 52.4 Å². The van der Waals surface area contributed by atoms with E-state index in [1.165, 1.54) is 45.1 Å². The Kier molecular flexibility index (Phi) is 3.68. The van der Waals surface area contributed by atoms with Crippen molar-refractivity contribution in [3.05, 3.63) is 0 Å². The van der Waals surface area contributed by atoms with Crippen molar-refractivity contribution in [3.63, 3.8) is 0 Å². The Bertz CT molecular complexity index is 199. The third-order valence-electron chi connectivity index (χ3n) is 4.23. The van der Waals surface area contributed by atoms with Gasteiger partial charge in [0.1, 0.15) is 0 Å². The van der Waals surface area contributed by atoms with Gasteiger partial charge < -0.3 is 10.1 Å². The highest BCUT2D eigenvalue weighted by atomic mass is 16.5. The van der Waals surface area contributed by atoms with Crippen LogP contribution in [0.2, 0.25) is 0 Å². The molecule has 2 unspecified atom stereocenters. The molecule has 2 fully saturated rings. The molecule has 1 aliphatic carbocycles. The molecule has 2 rings (SSSR count). The zero-order valence-corrected chi connectivity index (χ0v) is 10.2. The lowest BCUT2D eigenvalue weighted by atomic mass is 9.75. The second-order valence-electron chi connectivity index (χ2n) is 5.72. The summed E-state index contributed by atoms with van der Waals surface area (Å²) in [4.78, 5) is 0. The Morgan fingerprint density at radius 1 is 1.27 bits per heavy atom. The first-order chi connectivity index (χ1) is 7.20. The maximum absolute atomic E-state index is 5.58. The maximum atomic E-state index is 5.58. The summed E-state index contributed by atoms with van der Waals surface area (Å²) in [6, 6.07) is 0.601. The van der Waals surface area contributed by atoms with Gasteiger partial charge in [0.25, 0.3) is 0 Å². The van der Waals surface area contributed by atoms with E-state index >= 15 is 0 Å². The van der Waals surface area contributed by atoms with Gasteiger partial charge in [0.15, 0.2) is 0 Å². The van der Waals surface area contributed by atoms with Crippen molar-refractivity contribution < 1.29 is 4.74 Å². The Morgan fingerprint density at radius 2 is 2.00 bits per heavy atom. The molecule has 1 saturated carbocycles. The lowest BCUT2D eigenvalue weighted by molar-refractivity contribution is 0.107. The summed E-state index contributed by atoms with van der Waals surface area (Å²) >= 11 is 0. The van der Waals surface area contributed by atoms with Gasteiger partial charge in [-0.3, -0.25) is 0 Å². The summed E-state index contributed by atoms with van der Waals surface area (Å²) in [5.41, 5.74) is 0.556. The minimum atomic E-state index is 0.414. The molecule has 0 spiro atoms. The number of hydrogen-bond donors (Lipinski definition) is 1. The standard InChI is InChI=1S/C13H25NO/c1-11-12(6-9-15-11)14-10-13(2)7-4-3-5-8-13/h11-12,14H,3-10H2,1-2H3. The molecule has 15 heavy (non-hydrogen) atoms. The van der Waals surface area contributed by atoms with Crippen LogP contribution in [0.25, 0.3) is 0 Å². The van der Waals surface area contributed by atoms with Gasteiger partial charge in [0.2, 0.25) is 0 Å². The summed E-state index contributed by atoms with van der Waals surface area (Å²) in [7, 11) is 0. The van der Waals surface area contributed by atoms with Crippen LogP contribution in [0.5, 0.6) is 0 Å². The zero-order valence-electron chi connectivity index (χ0n) is 10.2. The molecule has 88 valence electrons. The first kappa shape index (κ1) is 11.4. The highest BCUT2D eigenvalue weighted by Crippen LogP contribution is 2.35. The molecule has 2 heteroatoms. The fourth-order valence-corrected chi connectivity index (χ4v) is 2.96. The molecule has 0 radical (unpaired) electrons. The van der Waals surface area contributed by atoms with Crippen molar-refractivity contribution in [2.24, 2.45) is 5.41 Å². The van der Waals surface area contributed by atoms with E-state index in [1.807, 2.05) is 0 Å². The third kappa shape index (κ3) is 2.94. The van der Waals surface area contributed by atoms with Crippen molar-refractivity contribution >= 4 is 0 Å². The summed E-state index contributed by atoms with van der Waals surface area (Å²) < 4.78 is 5.58. The van der Waals surface area contributed by atoms with E-state index in [4.69, 9.17) is 4.74 Å². The molecule has 0 amide bonds. The molecule has 1 aliphatic heterocycles. The van der Waals surface area contributed by atoms with Gasteiger partial charge in [0, 0.05) is 19.2 Å². The lowest BCUT2D eigenvalue weighted by Gasteiger charge is -2.35. The van der Waals surface area contributed by atoms with E-state index < -0.39 is 0 Å². The average molecular weight is 211 g/mol. The predicted molar refractivity (Wildman–Crippen MR) is 63.0 cm³/mol. The number of nitrogens with one attached hydrogen (secondary N) is 1. The van der Waals surface area contributed by atoms with Crippen LogP contribution in [0, 0.1) is 5.41 Å². The van der Waals surface area contributed by atoms with E-state index in [9.17, 15) is 0 Å². The largest absolute Gasteiger partial charge is 0.377 e. The normalized spacial score (nSPS) is 35.6. The number of ether oxygens (including phenoxy) is 1. The van der Waals surface area contributed by atoms with Crippen molar-refractivity contribution in [2.75, 3.05) is 13.2 Å². The Hall–Kier alpha value is -0.0800.